The molecule has 0 bridgehead atoms. The first-order chi connectivity index (χ1) is 28.3. The minimum absolute atomic E-state index is 0.874. The van der Waals surface area contributed by atoms with Crippen molar-refractivity contribution >= 4 is 65.6 Å². The highest BCUT2D eigenvalue weighted by Crippen LogP contribution is 2.49. The molecule has 0 saturated heterocycles. The number of furan rings is 1. The molecule has 0 aliphatic carbocycles. The van der Waals surface area contributed by atoms with Crippen LogP contribution in [0.5, 0.6) is 0 Å². The van der Waals surface area contributed by atoms with Gasteiger partial charge in [-0.2, -0.15) is 0 Å². The van der Waals surface area contributed by atoms with E-state index < -0.39 is 0 Å². The summed E-state index contributed by atoms with van der Waals surface area (Å²) < 4.78 is 11.9. The Morgan fingerprint density at radius 3 is 1.44 bits per heavy atom. The lowest BCUT2D eigenvalue weighted by molar-refractivity contribution is 0.671. The number of benzene rings is 8. The maximum Gasteiger partial charge on any atom is 0.162 e. The molecule has 0 unspecified atom stereocenters. The Labute approximate surface area is 328 Å². The normalized spacial score (nSPS) is 11.9. The standard InChI is InChI=1S/C53H33N3O/c1-4-16-35(17-5-1)43-32-37(33-44(54-43)36-18-6-2-7-19-36)34-28-30-39(31-29-34)56-46-26-14-11-23-41(46)49-48-40-22-10-13-25-45(40)55(38-20-8-3-9-21-38)51(48)50-42-24-12-15-27-47(42)57-53(50)52(49)56/h1-33H. The molecule has 0 aliphatic heterocycles. The number of aromatic nitrogens is 3. The molecule has 0 amide bonds. The van der Waals surface area contributed by atoms with Gasteiger partial charge in [0.05, 0.1) is 38.8 Å². The summed E-state index contributed by atoms with van der Waals surface area (Å²) in [6.45, 7) is 0. The average Bonchev–Trinajstić information content (AvgIpc) is 3.95. The van der Waals surface area contributed by atoms with Crippen molar-refractivity contribution in [3.05, 3.63) is 200 Å². The molecule has 0 atom stereocenters. The van der Waals surface area contributed by atoms with Gasteiger partial charge in [-0.1, -0.05) is 146 Å². The predicted octanol–water partition coefficient (Wildman–Crippen LogP) is 14.2. The second-order valence-corrected chi connectivity index (χ2v) is 14.7. The van der Waals surface area contributed by atoms with Crippen LogP contribution >= 0.6 is 0 Å². The second kappa shape index (κ2) is 12.4. The van der Waals surface area contributed by atoms with Crippen molar-refractivity contribution in [3.63, 3.8) is 0 Å². The smallest absolute Gasteiger partial charge is 0.162 e. The van der Waals surface area contributed by atoms with Crippen LogP contribution in [0.3, 0.4) is 0 Å². The Morgan fingerprint density at radius 2 is 0.825 bits per heavy atom. The van der Waals surface area contributed by atoms with Crippen molar-refractivity contribution in [1.29, 1.82) is 0 Å². The lowest BCUT2D eigenvalue weighted by Gasteiger charge is -2.13. The molecule has 4 heteroatoms. The zero-order valence-corrected chi connectivity index (χ0v) is 30.8. The minimum Gasteiger partial charge on any atom is -0.454 e. The topological polar surface area (TPSA) is 35.9 Å². The first-order valence-corrected chi connectivity index (χ1v) is 19.4. The molecule has 0 aliphatic rings. The lowest BCUT2D eigenvalue weighted by atomic mass is 9.99. The molecule has 8 aromatic carbocycles. The Kier molecular flexibility index (Phi) is 6.89. The van der Waals surface area contributed by atoms with E-state index in [1.54, 1.807) is 0 Å². The van der Waals surface area contributed by atoms with E-state index >= 15 is 0 Å². The lowest BCUT2D eigenvalue weighted by Crippen LogP contribution is -1.96. The molecular weight excluding hydrogens is 695 g/mol. The van der Waals surface area contributed by atoms with Gasteiger partial charge in [0.15, 0.2) is 5.58 Å². The third kappa shape index (κ3) is 4.77. The monoisotopic (exact) mass is 727 g/mol. The maximum absolute atomic E-state index is 7.01. The number of para-hydroxylation sites is 4. The third-order valence-corrected chi connectivity index (χ3v) is 11.5. The van der Waals surface area contributed by atoms with Crippen molar-refractivity contribution in [2.45, 2.75) is 0 Å². The first-order valence-electron chi connectivity index (χ1n) is 19.4. The van der Waals surface area contributed by atoms with Gasteiger partial charge in [0.25, 0.3) is 0 Å². The molecule has 4 nitrogen and oxygen atoms in total. The van der Waals surface area contributed by atoms with E-state index in [0.29, 0.717) is 0 Å². The summed E-state index contributed by atoms with van der Waals surface area (Å²) in [4.78, 5) is 5.12. The van der Waals surface area contributed by atoms with Crippen LogP contribution in [0.2, 0.25) is 0 Å². The molecule has 12 aromatic rings. The first kappa shape index (κ1) is 31.6. The summed E-state index contributed by atoms with van der Waals surface area (Å²) >= 11 is 0. The molecular formula is C53H33N3O. The van der Waals surface area contributed by atoms with Gasteiger partial charge >= 0.3 is 0 Å². The van der Waals surface area contributed by atoms with Gasteiger partial charge < -0.3 is 13.6 Å². The fourth-order valence-corrected chi connectivity index (χ4v) is 9.01. The van der Waals surface area contributed by atoms with Gasteiger partial charge in [0.1, 0.15) is 5.58 Å². The van der Waals surface area contributed by atoms with Gasteiger partial charge in [-0.25, -0.2) is 4.98 Å². The van der Waals surface area contributed by atoms with E-state index in [1.165, 1.54) is 27.1 Å². The number of hydrogen-bond acceptors (Lipinski definition) is 2. The molecule has 0 N–H and O–H groups in total. The Balaban J connectivity index is 1.15. The molecule has 57 heavy (non-hydrogen) atoms. The highest BCUT2D eigenvalue weighted by molar-refractivity contribution is 6.39. The summed E-state index contributed by atoms with van der Waals surface area (Å²) in [6.07, 6.45) is 0. The van der Waals surface area contributed by atoms with Crippen molar-refractivity contribution in [2.24, 2.45) is 0 Å². The molecule has 0 fully saturated rings. The van der Waals surface area contributed by atoms with Gasteiger partial charge in [-0.15, -0.1) is 0 Å². The molecule has 266 valence electrons. The van der Waals surface area contributed by atoms with E-state index in [0.717, 1.165) is 83.5 Å². The van der Waals surface area contributed by atoms with Crippen LogP contribution in [0.15, 0.2) is 205 Å². The Morgan fingerprint density at radius 1 is 0.351 bits per heavy atom. The zero-order chi connectivity index (χ0) is 37.5. The van der Waals surface area contributed by atoms with Crippen LogP contribution in [0, 0.1) is 0 Å². The van der Waals surface area contributed by atoms with Crippen LogP contribution in [0.4, 0.5) is 0 Å². The van der Waals surface area contributed by atoms with Crippen LogP contribution < -0.4 is 0 Å². The SMILES string of the molecule is c1ccc(-c2cc(-c3ccc(-n4c5ccccc5c5c6c7ccccc7n(-c7ccccc7)c6c6c7ccccc7oc6c54)cc3)cc(-c3ccccc3)n2)cc1. The number of fused-ring (bicyclic) bond motifs is 12. The maximum atomic E-state index is 7.01. The summed E-state index contributed by atoms with van der Waals surface area (Å²) in [5, 5.41) is 7.05. The molecule has 12 rings (SSSR count). The predicted molar refractivity (Wildman–Crippen MR) is 237 cm³/mol. The Bertz CT molecular complexity index is 3430. The number of pyridine rings is 1. The fraction of sp³-hybridized carbons (Fsp3) is 0. The number of hydrogen-bond donors (Lipinski definition) is 0. The fourth-order valence-electron chi connectivity index (χ4n) is 9.01. The summed E-state index contributed by atoms with van der Waals surface area (Å²) in [5.41, 5.74) is 14.8. The quantitative estimate of drug-likeness (QED) is 0.177. The second-order valence-electron chi connectivity index (χ2n) is 14.7. The van der Waals surface area contributed by atoms with E-state index in [2.05, 4.69) is 197 Å². The van der Waals surface area contributed by atoms with Crippen molar-refractivity contribution < 1.29 is 4.42 Å². The van der Waals surface area contributed by atoms with Gasteiger partial charge in [-0.05, 0) is 65.7 Å². The molecule has 0 radical (unpaired) electrons. The van der Waals surface area contributed by atoms with E-state index in [1.807, 2.05) is 12.1 Å². The number of nitrogens with zero attached hydrogens (tertiary/aromatic N) is 3. The van der Waals surface area contributed by atoms with Crippen LogP contribution in [0.1, 0.15) is 0 Å². The number of rotatable bonds is 5. The van der Waals surface area contributed by atoms with Crippen molar-refractivity contribution in [2.75, 3.05) is 0 Å². The van der Waals surface area contributed by atoms with Crippen LogP contribution in [-0.4, -0.2) is 14.1 Å². The summed E-state index contributed by atoms with van der Waals surface area (Å²) in [7, 11) is 0. The Hall–Kier alpha value is -7.69. The van der Waals surface area contributed by atoms with Gasteiger partial charge in [0.2, 0.25) is 0 Å². The molecule has 0 saturated carbocycles. The van der Waals surface area contributed by atoms with Gasteiger partial charge in [0, 0.05) is 49.4 Å². The van der Waals surface area contributed by atoms with E-state index in [-0.39, 0.29) is 0 Å². The molecule has 4 heterocycles. The largest absolute Gasteiger partial charge is 0.454 e. The highest BCUT2D eigenvalue weighted by atomic mass is 16.3. The van der Waals surface area contributed by atoms with E-state index in [4.69, 9.17) is 9.40 Å². The molecule has 0 spiro atoms. The van der Waals surface area contributed by atoms with Crippen molar-refractivity contribution in [1.82, 2.24) is 14.1 Å². The zero-order valence-electron chi connectivity index (χ0n) is 30.8. The summed E-state index contributed by atoms with van der Waals surface area (Å²) in [5.74, 6) is 0. The van der Waals surface area contributed by atoms with E-state index in [9.17, 15) is 0 Å². The van der Waals surface area contributed by atoms with Crippen LogP contribution in [0.25, 0.3) is 111 Å². The highest BCUT2D eigenvalue weighted by Gasteiger charge is 2.27. The summed E-state index contributed by atoms with van der Waals surface area (Å²) in [6, 6.07) is 71.0. The van der Waals surface area contributed by atoms with Crippen molar-refractivity contribution in [3.8, 4) is 45.0 Å². The third-order valence-electron chi connectivity index (χ3n) is 11.5. The minimum atomic E-state index is 0.874. The average molecular weight is 728 g/mol. The molecule has 4 aromatic heterocycles. The van der Waals surface area contributed by atoms with Gasteiger partial charge in [-0.3, -0.25) is 0 Å². The van der Waals surface area contributed by atoms with Crippen LogP contribution in [-0.2, 0) is 0 Å².